The van der Waals surface area contributed by atoms with Crippen LogP contribution in [0.1, 0.15) is 40.0 Å². The summed E-state index contributed by atoms with van der Waals surface area (Å²) in [6, 6.07) is -1.00. The molecule has 1 rings (SSSR count). The van der Waals surface area contributed by atoms with Crippen molar-refractivity contribution in [3.05, 3.63) is 11.8 Å². The van der Waals surface area contributed by atoms with Crippen molar-refractivity contribution < 1.29 is 24.6 Å². The number of carbonyl (C=O) groups excluding carboxylic acids is 1. The van der Waals surface area contributed by atoms with E-state index >= 15 is 0 Å². The molecule has 7 nitrogen and oxygen atoms in total. The molecule has 24 heavy (non-hydrogen) atoms. The van der Waals surface area contributed by atoms with Crippen molar-refractivity contribution in [1.82, 2.24) is 5.32 Å². The first-order chi connectivity index (χ1) is 11.1. The molecule has 1 aliphatic carbocycles. The molecule has 136 valence electrons. The summed E-state index contributed by atoms with van der Waals surface area (Å²) in [7, 11) is 0. The number of thioether (sulfide) groups is 1. The maximum absolute atomic E-state index is 12.1. The average Bonchev–Trinajstić information content (AvgIpc) is 3.12. The van der Waals surface area contributed by atoms with E-state index in [1.54, 1.807) is 0 Å². The van der Waals surface area contributed by atoms with Crippen molar-refractivity contribution in [3.63, 3.8) is 0 Å². The molecular formula is C16H26N2O5S. The third-order valence-electron chi connectivity index (χ3n) is 4.05. The predicted octanol–water partition coefficient (Wildman–Crippen LogP) is 1.43. The largest absolute Gasteiger partial charge is 0.480 e. The molecule has 0 radical (unpaired) electrons. The molecule has 1 unspecified atom stereocenters. The zero-order valence-electron chi connectivity index (χ0n) is 14.2. The van der Waals surface area contributed by atoms with Gasteiger partial charge in [-0.2, -0.15) is 11.8 Å². The molecule has 0 aliphatic heterocycles. The van der Waals surface area contributed by atoms with Gasteiger partial charge < -0.3 is 21.3 Å². The van der Waals surface area contributed by atoms with Crippen LogP contribution >= 0.6 is 11.8 Å². The van der Waals surface area contributed by atoms with E-state index in [2.05, 4.69) is 5.32 Å². The lowest BCUT2D eigenvalue weighted by molar-refractivity contribution is -0.138. The van der Waals surface area contributed by atoms with Gasteiger partial charge in [-0.15, -0.1) is 0 Å². The second-order valence-electron chi connectivity index (χ2n) is 6.73. The Hall–Kier alpha value is -1.54. The van der Waals surface area contributed by atoms with Crippen molar-refractivity contribution in [3.8, 4) is 0 Å². The van der Waals surface area contributed by atoms with Gasteiger partial charge in [0.1, 0.15) is 11.7 Å². The summed E-state index contributed by atoms with van der Waals surface area (Å²) in [5.41, 5.74) is 5.24. The molecule has 5 N–H and O–H groups in total. The summed E-state index contributed by atoms with van der Waals surface area (Å²) in [6.07, 6.45) is 3.69. The van der Waals surface area contributed by atoms with E-state index in [0.717, 1.165) is 12.8 Å². The number of hydrogen-bond acceptors (Lipinski definition) is 5. The molecule has 0 bridgehead atoms. The first kappa shape index (κ1) is 20.5. The highest BCUT2D eigenvalue weighted by molar-refractivity contribution is 8.00. The fourth-order valence-electron chi connectivity index (χ4n) is 2.28. The number of rotatable bonds is 10. The molecule has 1 amide bonds. The molecule has 0 aromatic carbocycles. The van der Waals surface area contributed by atoms with Crippen LogP contribution in [0.4, 0.5) is 0 Å². The second kappa shape index (κ2) is 8.53. The number of carboxylic acid groups (broad SMARTS) is 2. The van der Waals surface area contributed by atoms with Crippen LogP contribution < -0.4 is 11.1 Å². The molecular weight excluding hydrogens is 332 g/mol. The third-order valence-corrected chi connectivity index (χ3v) is 5.40. The van der Waals surface area contributed by atoms with Crippen LogP contribution in [0.5, 0.6) is 0 Å². The Labute approximate surface area is 146 Å². The second-order valence-corrected chi connectivity index (χ2v) is 8.00. The fourth-order valence-corrected chi connectivity index (χ4v) is 3.52. The van der Waals surface area contributed by atoms with E-state index in [-0.39, 0.29) is 33.9 Å². The quantitative estimate of drug-likeness (QED) is 0.435. The van der Waals surface area contributed by atoms with Crippen molar-refractivity contribution in [2.24, 2.45) is 17.1 Å². The van der Waals surface area contributed by atoms with E-state index in [9.17, 15) is 19.5 Å². The maximum Gasteiger partial charge on any atom is 0.352 e. The molecule has 1 saturated carbocycles. The SMILES string of the molecule is CCCC(/C=C(\NC(=O)[C@H]1CC1(C)C)C(=O)O)SC[C@H](N)C(=O)O. The summed E-state index contributed by atoms with van der Waals surface area (Å²) in [4.78, 5) is 34.3. The van der Waals surface area contributed by atoms with Crippen LogP contribution in [-0.2, 0) is 14.4 Å². The molecule has 0 saturated heterocycles. The van der Waals surface area contributed by atoms with Gasteiger partial charge in [-0.3, -0.25) is 9.59 Å². The number of nitrogens with two attached hydrogens (primary N) is 1. The summed E-state index contributed by atoms with van der Waals surface area (Å²) >= 11 is 1.28. The van der Waals surface area contributed by atoms with Gasteiger partial charge in [-0.1, -0.05) is 27.2 Å². The van der Waals surface area contributed by atoms with Gasteiger partial charge in [0, 0.05) is 16.9 Å². The molecule has 0 spiro atoms. The van der Waals surface area contributed by atoms with Crippen LogP contribution in [-0.4, -0.2) is 45.1 Å². The fraction of sp³-hybridized carbons (Fsp3) is 0.688. The van der Waals surface area contributed by atoms with Crippen LogP contribution in [0.2, 0.25) is 0 Å². The minimum absolute atomic E-state index is 0.0838. The van der Waals surface area contributed by atoms with Gasteiger partial charge in [0.2, 0.25) is 5.91 Å². The van der Waals surface area contributed by atoms with Gasteiger partial charge >= 0.3 is 11.9 Å². The monoisotopic (exact) mass is 358 g/mol. The van der Waals surface area contributed by atoms with Crippen molar-refractivity contribution >= 4 is 29.6 Å². The Balaban J connectivity index is 2.75. The number of hydrogen-bond donors (Lipinski definition) is 4. The van der Waals surface area contributed by atoms with E-state index in [1.165, 1.54) is 17.8 Å². The standard InChI is InChI=1S/C16H26N2O5S/c1-4-5-9(24-8-11(17)14(20)21)6-12(15(22)23)18-13(19)10-7-16(10,2)3/h6,9-11H,4-5,7-8,17H2,1-3H3,(H,18,19)(H,20,21)(H,22,23)/b12-6-/t9?,10-,11+/m1/s1. The van der Waals surface area contributed by atoms with Gasteiger partial charge in [0.25, 0.3) is 0 Å². The Morgan fingerprint density at radius 3 is 2.38 bits per heavy atom. The van der Waals surface area contributed by atoms with Gasteiger partial charge in [-0.05, 0) is 24.3 Å². The van der Waals surface area contributed by atoms with Crippen LogP contribution in [0, 0.1) is 11.3 Å². The van der Waals surface area contributed by atoms with Crippen molar-refractivity contribution in [2.45, 2.75) is 51.3 Å². The van der Waals surface area contributed by atoms with Crippen molar-refractivity contribution in [1.29, 1.82) is 0 Å². The van der Waals surface area contributed by atoms with Crippen LogP contribution in [0.15, 0.2) is 11.8 Å². The summed E-state index contributed by atoms with van der Waals surface area (Å²) < 4.78 is 0. The van der Waals surface area contributed by atoms with Gasteiger partial charge in [0.05, 0.1) is 0 Å². The number of carbonyl (C=O) groups is 3. The Kier molecular flexibility index (Phi) is 7.28. The third kappa shape index (κ3) is 6.16. The Morgan fingerprint density at radius 2 is 1.96 bits per heavy atom. The van der Waals surface area contributed by atoms with Gasteiger partial charge in [0.15, 0.2) is 0 Å². The highest BCUT2D eigenvalue weighted by Crippen LogP contribution is 2.51. The minimum Gasteiger partial charge on any atom is -0.480 e. The predicted molar refractivity (Wildman–Crippen MR) is 92.5 cm³/mol. The van der Waals surface area contributed by atoms with Crippen LogP contribution in [0.25, 0.3) is 0 Å². The van der Waals surface area contributed by atoms with Crippen LogP contribution in [0.3, 0.4) is 0 Å². The molecule has 0 aromatic heterocycles. The zero-order valence-corrected chi connectivity index (χ0v) is 15.1. The molecule has 0 heterocycles. The average molecular weight is 358 g/mol. The highest BCUT2D eigenvalue weighted by atomic mass is 32.2. The first-order valence-electron chi connectivity index (χ1n) is 7.94. The molecule has 3 atom stereocenters. The summed E-state index contributed by atoms with van der Waals surface area (Å²) in [6.45, 7) is 5.87. The van der Waals surface area contributed by atoms with Crippen molar-refractivity contribution in [2.75, 3.05) is 5.75 Å². The zero-order chi connectivity index (χ0) is 18.5. The minimum atomic E-state index is -1.20. The number of aliphatic carboxylic acids is 2. The molecule has 8 heteroatoms. The summed E-state index contributed by atoms with van der Waals surface area (Å²) in [5.74, 6) is -2.57. The Morgan fingerprint density at radius 1 is 1.38 bits per heavy atom. The number of amides is 1. The number of carboxylic acids is 2. The maximum atomic E-state index is 12.1. The topological polar surface area (TPSA) is 130 Å². The first-order valence-corrected chi connectivity index (χ1v) is 8.99. The van der Waals surface area contributed by atoms with Gasteiger partial charge in [-0.25, -0.2) is 4.79 Å². The lowest BCUT2D eigenvalue weighted by Crippen LogP contribution is -2.33. The van der Waals surface area contributed by atoms with E-state index in [0.29, 0.717) is 6.42 Å². The molecule has 0 aromatic rings. The molecule has 1 fully saturated rings. The highest BCUT2D eigenvalue weighted by Gasteiger charge is 2.50. The Bertz CT molecular complexity index is 533. The smallest absolute Gasteiger partial charge is 0.352 e. The van der Waals surface area contributed by atoms with E-state index in [1.807, 2.05) is 20.8 Å². The lowest BCUT2D eigenvalue weighted by Gasteiger charge is -2.15. The molecule has 1 aliphatic rings. The van der Waals surface area contributed by atoms with E-state index in [4.69, 9.17) is 10.8 Å². The summed E-state index contributed by atoms with van der Waals surface area (Å²) in [5, 5.41) is 20.4. The lowest BCUT2D eigenvalue weighted by atomic mass is 10.1. The normalized spacial score (nSPS) is 21.7. The number of nitrogens with one attached hydrogen (secondary N) is 1. The van der Waals surface area contributed by atoms with E-state index < -0.39 is 18.0 Å².